The van der Waals surface area contributed by atoms with Gasteiger partial charge in [0, 0.05) is 17.8 Å². The quantitative estimate of drug-likeness (QED) is 0.408. The number of hydrogen-bond donors (Lipinski definition) is 1. The third kappa shape index (κ3) is 5.10. The predicted octanol–water partition coefficient (Wildman–Crippen LogP) is 4.42. The Balaban J connectivity index is 2.00. The van der Waals surface area contributed by atoms with Crippen molar-refractivity contribution in [2.45, 2.75) is 31.2 Å². The fourth-order valence-corrected chi connectivity index (χ4v) is 3.83. The van der Waals surface area contributed by atoms with Gasteiger partial charge in [0.1, 0.15) is 5.75 Å². The first-order valence-electron chi connectivity index (χ1n) is 9.84. The van der Waals surface area contributed by atoms with E-state index in [0.29, 0.717) is 18.3 Å². The van der Waals surface area contributed by atoms with E-state index in [2.05, 4.69) is 28.2 Å². The molecule has 3 rings (SSSR count). The van der Waals surface area contributed by atoms with E-state index in [1.54, 1.807) is 6.08 Å². The number of ether oxygens (including phenoxy) is 1. The van der Waals surface area contributed by atoms with Crippen molar-refractivity contribution >= 4 is 17.7 Å². The highest BCUT2D eigenvalue weighted by Gasteiger charge is 2.21. The standard InChI is InChI=1S/C23H26N4O2S/c1-5-14-24-22(28)17(4)30-23-26-25-21(18-9-7-8-16(3)15-18)27(23)19-10-12-20(13-11-19)29-6-2/h5,7-13,15,17H,1,6,14H2,2-4H3,(H,24,28). The van der Waals surface area contributed by atoms with Crippen LogP contribution in [0, 0.1) is 6.92 Å². The van der Waals surface area contributed by atoms with Crippen molar-refractivity contribution in [2.24, 2.45) is 0 Å². The van der Waals surface area contributed by atoms with E-state index >= 15 is 0 Å². The lowest BCUT2D eigenvalue weighted by atomic mass is 10.1. The van der Waals surface area contributed by atoms with Crippen LogP contribution in [0.1, 0.15) is 19.4 Å². The number of carbonyl (C=O) groups is 1. The third-order valence-corrected chi connectivity index (χ3v) is 5.43. The third-order valence-electron chi connectivity index (χ3n) is 4.39. The second-order valence-electron chi connectivity index (χ2n) is 6.73. The number of carbonyl (C=O) groups excluding carboxylic acids is 1. The molecule has 0 saturated carbocycles. The molecule has 0 fully saturated rings. The first-order valence-corrected chi connectivity index (χ1v) is 10.7. The SMILES string of the molecule is C=CCNC(=O)C(C)Sc1nnc(-c2cccc(C)c2)n1-c1ccc(OCC)cc1. The van der Waals surface area contributed by atoms with Crippen LogP contribution in [0.4, 0.5) is 0 Å². The smallest absolute Gasteiger partial charge is 0.233 e. The topological polar surface area (TPSA) is 69.0 Å². The highest BCUT2D eigenvalue weighted by atomic mass is 32.2. The minimum Gasteiger partial charge on any atom is -0.494 e. The van der Waals surface area contributed by atoms with Crippen molar-refractivity contribution in [3.05, 3.63) is 66.7 Å². The molecule has 0 aliphatic heterocycles. The summed E-state index contributed by atoms with van der Waals surface area (Å²) in [5.74, 6) is 1.46. The Bertz CT molecular complexity index is 1010. The number of nitrogens with one attached hydrogen (secondary N) is 1. The van der Waals surface area contributed by atoms with E-state index in [9.17, 15) is 4.79 Å². The minimum atomic E-state index is -0.332. The number of rotatable bonds is 9. The molecule has 1 aromatic heterocycles. The Hall–Kier alpha value is -3.06. The zero-order chi connectivity index (χ0) is 21.5. The highest BCUT2D eigenvalue weighted by molar-refractivity contribution is 8.00. The van der Waals surface area contributed by atoms with Gasteiger partial charge in [0.25, 0.3) is 0 Å². The summed E-state index contributed by atoms with van der Waals surface area (Å²) in [6.07, 6.45) is 1.66. The van der Waals surface area contributed by atoms with Gasteiger partial charge < -0.3 is 10.1 Å². The number of nitrogens with zero attached hydrogens (tertiary/aromatic N) is 3. The van der Waals surface area contributed by atoms with Crippen molar-refractivity contribution in [1.82, 2.24) is 20.1 Å². The molecule has 0 bridgehead atoms. The fourth-order valence-electron chi connectivity index (χ4n) is 2.94. The molecule has 156 valence electrons. The zero-order valence-corrected chi connectivity index (χ0v) is 18.3. The lowest BCUT2D eigenvalue weighted by molar-refractivity contribution is -0.120. The van der Waals surface area contributed by atoms with Crippen LogP contribution < -0.4 is 10.1 Å². The van der Waals surface area contributed by atoms with Crippen LogP contribution in [-0.4, -0.2) is 39.1 Å². The highest BCUT2D eigenvalue weighted by Crippen LogP contribution is 2.31. The van der Waals surface area contributed by atoms with Gasteiger partial charge in [-0.05, 0) is 51.1 Å². The molecular weight excluding hydrogens is 396 g/mol. The van der Waals surface area contributed by atoms with Gasteiger partial charge in [0.05, 0.1) is 11.9 Å². The number of aryl methyl sites for hydroxylation is 1. The lowest BCUT2D eigenvalue weighted by Gasteiger charge is -2.14. The van der Waals surface area contributed by atoms with Crippen LogP contribution >= 0.6 is 11.8 Å². The molecular formula is C23H26N4O2S. The summed E-state index contributed by atoms with van der Waals surface area (Å²) in [6, 6.07) is 15.9. The zero-order valence-electron chi connectivity index (χ0n) is 17.5. The van der Waals surface area contributed by atoms with Gasteiger partial charge in [-0.25, -0.2) is 0 Å². The van der Waals surface area contributed by atoms with Gasteiger partial charge in [-0.3, -0.25) is 9.36 Å². The molecule has 1 unspecified atom stereocenters. The normalized spacial score (nSPS) is 11.7. The van der Waals surface area contributed by atoms with Crippen LogP contribution in [0.25, 0.3) is 17.1 Å². The molecule has 0 radical (unpaired) electrons. The van der Waals surface area contributed by atoms with Crippen molar-refractivity contribution < 1.29 is 9.53 Å². The Kier molecular flexibility index (Phi) is 7.30. The maximum absolute atomic E-state index is 12.3. The molecule has 1 N–H and O–H groups in total. The summed E-state index contributed by atoms with van der Waals surface area (Å²) in [5, 5.41) is 12.0. The molecule has 30 heavy (non-hydrogen) atoms. The fraction of sp³-hybridized carbons (Fsp3) is 0.261. The van der Waals surface area contributed by atoms with E-state index in [1.807, 2.05) is 67.8 Å². The molecule has 1 atom stereocenters. The summed E-state index contributed by atoms with van der Waals surface area (Å²) in [5.41, 5.74) is 3.01. The Morgan fingerprint density at radius 2 is 2.03 bits per heavy atom. The Morgan fingerprint density at radius 1 is 1.27 bits per heavy atom. The second-order valence-corrected chi connectivity index (χ2v) is 8.04. The predicted molar refractivity (Wildman–Crippen MR) is 121 cm³/mol. The molecule has 7 heteroatoms. The van der Waals surface area contributed by atoms with E-state index < -0.39 is 0 Å². The molecule has 3 aromatic rings. The maximum Gasteiger partial charge on any atom is 0.233 e. The average Bonchev–Trinajstić information content (AvgIpc) is 3.16. The summed E-state index contributed by atoms with van der Waals surface area (Å²) in [4.78, 5) is 12.3. The number of thioether (sulfide) groups is 1. The lowest BCUT2D eigenvalue weighted by Crippen LogP contribution is -2.31. The van der Waals surface area contributed by atoms with Crippen molar-refractivity contribution in [3.8, 4) is 22.8 Å². The van der Waals surface area contributed by atoms with Crippen LogP contribution in [0.5, 0.6) is 5.75 Å². The molecule has 0 saturated heterocycles. The van der Waals surface area contributed by atoms with Gasteiger partial charge in [0.15, 0.2) is 11.0 Å². The van der Waals surface area contributed by atoms with Gasteiger partial charge in [0.2, 0.25) is 5.91 Å². The average molecular weight is 423 g/mol. The molecule has 1 heterocycles. The second kappa shape index (κ2) is 10.1. The van der Waals surface area contributed by atoms with Crippen LogP contribution in [0.15, 0.2) is 66.3 Å². The molecule has 0 spiro atoms. The van der Waals surface area contributed by atoms with Crippen molar-refractivity contribution in [3.63, 3.8) is 0 Å². The largest absolute Gasteiger partial charge is 0.494 e. The molecule has 0 aliphatic rings. The van der Waals surface area contributed by atoms with E-state index in [1.165, 1.54) is 11.8 Å². The molecule has 2 aromatic carbocycles. The van der Waals surface area contributed by atoms with Crippen LogP contribution in [0.2, 0.25) is 0 Å². The first-order chi connectivity index (χ1) is 14.5. The van der Waals surface area contributed by atoms with Crippen molar-refractivity contribution in [2.75, 3.05) is 13.2 Å². The van der Waals surface area contributed by atoms with E-state index in [0.717, 1.165) is 28.4 Å². The van der Waals surface area contributed by atoms with E-state index in [-0.39, 0.29) is 11.2 Å². The summed E-state index contributed by atoms with van der Waals surface area (Å²) in [6.45, 7) is 10.5. The number of hydrogen-bond acceptors (Lipinski definition) is 5. The van der Waals surface area contributed by atoms with Crippen LogP contribution in [0.3, 0.4) is 0 Å². The van der Waals surface area contributed by atoms with Gasteiger partial charge in [-0.1, -0.05) is 41.6 Å². The Morgan fingerprint density at radius 3 is 2.70 bits per heavy atom. The number of aromatic nitrogens is 3. The molecule has 1 amide bonds. The molecule has 6 nitrogen and oxygen atoms in total. The summed E-state index contributed by atoms with van der Waals surface area (Å²) >= 11 is 1.37. The van der Waals surface area contributed by atoms with Crippen molar-refractivity contribution in [1.29, 1.82) is 0 Å². The van der Waals surface area contributed by atoms with Gasteiger partial charge >= 0.3 is 0 Å². The van der Waals surface area contributed by atoms with E-state index in [4.69, 9.17) is 4.74 Å². The number of amides is 1. The molecule has 0 aliphatic carbocycles. The summed E-state index contributed by atoms with van der Waals surface area (Å²) < 4.78 is 7.54. The summed E-state index contributed by atoms with van der Waals surface area (Å²) in [7, 11) is 0. The minimum absolute atomic E-state index is 0.0711. The van der Waals surface area contributed by atoms with Crippen LogP contribution in [-0.2, 0) is 4.79 Å². The monoisotopic (exact) mass is 422 g/mol. The van der Waals surface area contributed by atoms with Gasteiger partial charge in [-0.15, -0.1) is 16.8 Å². The maximum atomic E-state index is 12.3. The first kappa shape index (κ1) is 21.6. The van der Waals surface area contributed by atoms with Gasteiger partial charge in [-0.2, -0.15) is 0 Å². The Labute approximate surface area is 181 Å². The number of benzene rings is 2.